The molecule has 1 aliphatic heterocycles. The molecular formula is C19H17F3N4O4. The zero-order valence-electron chi connectivity index (χ0n) is 15.5. The standard InChI is InChI=1S/C19H17F3N4O4/c20-19(21,22)13-4-1-12(2-5-13)3-6-16(27)23-9-17(28)26-8-7-25-10-14(18(29)30)24-15(25)11-26/h1-6,10H,7-9,11H2,(H,23,27)(H,29,30)/b6-3+. The minimum absolute atomic E-state index is 0.0963. The van der Waals surface area contributed by atoms with E-state index in [1.807, 2.05) is 0 Å². The summed E-state index contributed by atoms with van der Waals surface area (Å²) in [6.07, 6.45) is -0.558. The van der Waals surface area contributed by atoms with E-state index in [0.717, 1.165) is 18.2 Å². The fraction of sp³-hybridized carbons (Fsp3) is 0.263. The van der Waals surface area contributed by atoms with Crippen LogP contribution in [0, 0.1) is 0 Å². The smallest absolute Gasteiger partial charge is 0.416 e. The number of hydrogen-bond acceptors (Lipinski definition) is 4. The summed E-state index contributed by atoms with van der Waals surface area (Å²) in [5.41, 5.74) is -0.477. The van der Waals surface area contributed by atoms with Crippen molar-refractivity contribution in [2.75, 3.05) is 13.1 Å². The number of carboxylic acids is 1. The van der Waals surface area contributed by atoms with Crippen molar-refractivity contribution >= 4 is 23.9 Å². The maximum atomic E-state index is 12.5. The molecule has 0 radical (unpaired) electrons. The monoisotopic (exact) mass is 422 g/mol. The van der Waals surface area contributed by atoms with Crippen molar-refractivity contribution in [2.24, 2.45) is 0 Å². The Bertz CT molecular complexity index is 996. The molecule has 11 heteroatoms. The fourth-order valence-corrected chi connectivity index (χ4v) is 2.86. The summed E-state index contributed by atoms with van der Waals surface area (Å²) in [4.78, 5) is 40.6. The number of carbonyl (C=O) groups excluding carboxylic acids is 2. The lowest BCUT2D eigenvalue weighted by molar-refractivity contribution is -0.137. The predicted molar refractivity (Wildman–Crippen MR) is 98.1 cm³/mol. The van der Waals surface area contributed by atoms with Crippen molar-refractivity contribution < 1.29 is 32.7 Å². The van der Waals surface area contributed by atoms with E-state index >= 15 is 0 Å². The lowest BCUT2D eigenvalue weighted by Crippen LogP contribution is -2.43. The highest BCUT2D eigenvalue weighted by atomic mass is 19.4. The van der Waals surface area contributed by atoms with Gasteiger partial charge < -0.3 is 19.9 Å². The van der Waals surface area contributed by atoms with Crippen LogP contribution in [-0.4, -0.2) is 50.4 Å². The van der Waals surface area contributed by atoms with Gasteiger partial charge in [0.2, 0.25) is 11.8 Å². The number of aromatic carboxylic acids is 1. The van der Waals surface area contributed by atoms with E-state index in [4.69, 9.17) is 5.11 Å². The molecule has 1 aromatic carbocycles. The largest absolute Gasteiger partial charge is 0.476 e. The molecule has 0 fully saturated rings. The van der Waals surface area contributed by atoms with Crippen LogP contribution in [0.15, 0.2) is 36.5 Å². The second-order valence-corrected chi connectivity index (χ2v) is 6.53. The first-order chi connectivity index (χ1) is 14.1. The van der Waals surface area contributed by atoms with Crippen LogP contribution in [0.3, 0.4) is 0 Å². The number of alkyl halides is 3. The van der Waals surface area contributed by atoms with Gasteiger partial charge in [0.1, 0.15) is 5.82 Å². The maximum Gasteiger partial charge on any atom is 0.416 e. The van der Waals surface area contributed by atoms with Gasteiger partial charge >= 0.3 is 12.1 Å². The molecule has 0 saturated carbocycles. The predicted octanol–water partition coefficient (Wildman–Crippen LogP) is 1.77. The van der Waals surface area contributed by atoms with Crippen molar-refractivity contribution in [1.82, 2.24) is 19.8 Å². The summed E-state index contributed by atoms with van der Waals surface area (Å²) in [6, 6.07) is 4.30. The van der Waals surface area contributed by atoms with Crippen LogP contribution in [-0.2, 0) is 28.9 Å². The maximum absolute atomic E-state index is 12.5. The molecule has 0 bridgehead atoms. The molecule has 0 saturated heterocycles. The highest BCUT2D eigenvalue weighted by Crippen LogP contribution is 2.29. The Balaban J connectivity index is 1.50. The number of aromatic nitrogens is 2. The molecule has 8 nitrogen and oxygen atoms in total. The van der Waals surface area contributed by atoms with E-state index in [9.17, 15) is 27.6 Å². The molecule has 2 amide bonds. The van der Waals surface area contributed by atoms with Gasteiger partial charge in [-0.2, -0.15) is 13.2 Å². The Morgan fingerprint density at radius 2 is 1.87 bits per heavy atom. The van der Waals surface area contributed by atoms with E-state index < -0.39 is 23.6 Å². The Labute approximate surface area is 168 Å². The second kappa shape index (κ2) is 8.39. The Morgan fingerprint density at radius 1 is 1.17 bits per heavy atom. The quantitative estimate of drug-likeness (QED) is 0.715. The van der Waals surface area contributed by atoms with Gasteiger partial charge in [0.15, 0.2) is 5.69 Å². The first kappa shape index (κ1) is 21.1. The molecule has 2 aromatic rings. The van der Waals surface area contributed by atoms with Gasteiger partial charge in [-0.25, -0.2) is 9.78 Å². The molecule has 0 atom stereocenters. The van der Waals surface area contributed by atoms with Crippen LogP contribution in [0.5, 0.6) is 0 Å². The molecule has 0 aliphatic carbocycles. The molecule has 2 heterocycles. The number of carbonyl (C=O) groups is 3. The van der Waals surface area contributed by atoms with E-state index in [1.54, 1.807) is 4.57 Å². The summed E-state index contributed by atoms with van der Waals surface area (Å²) < 4.78 is 39.3. The van der Waals surface area contributed by atoms with Crippen molar-refractivity contribution in [3.05, 3.63) is 59.2 Å². The third-order valence-electron chi connectivity index (χ3n) is 4.45. The second-order valence-electron chi connectivity index (χ2n) is 6.53. The number of benzene rings is 1. The molecule has 3 rings (SSSR count). The Hall–Kier alpha value is -3.63. The van der Waals surface area contributed by atoms with Crippen LogP contribution in [0.25, 0.3) is 6.08 Å². The number of nitrogens with zero attached hydrogens (tertiary/aromatic N) is 3. The fourth-order valence-electron chi connectivity index (χ4n) is 2.86. The molecule has 0 unspecified atom stereocenters. The number of rotatable bonds is 5. The Morgan fingerprint density at radius 3 is 2.50 bits per heavy atom. The topological polar surface area (TPSA) is 105 Å². The number of amides is 2. The minimum Gasteiger partial charge on any atom is -0.476 e. The van der Waals surface area contributed by atoms with E-state index in [2.05, 4.69) is 10.3 Å². The van der Waals surface area contributed by atoms with Gasteiger partial charge in [-0.15, -0.1) is 0 Å². The summed E-state index contributed by atoms with van der Waals surface area (Å²) in [6.45, 7) is 0.591. The van der Waals surface area contributed by atoms with Gasteiger partial charge in [-0.1, -0.05) is 12.1 Å². The van der Waals surface area contributed by atoms with Crippen molar-refractivity contribution in [3.8, 4) is 0 Å². The van der Waals surface area contributed by atoms with E-state index in [1.165, 1.54) is 29.3 Å². The average molecular weight is 422 g/mol. The number of imidazole rings is 1. The van der Waals surface area contributed by atoms with Crippen LogP contribution < -0.4 is 5.32 Å². The highest BCUT2D eigenvalue weighted by Gasteiger charge is 2.29. The number of nitrogens with one attached hydrogen (secondary N) is 1. The van der Waals surface area contributed by atoms with Gasteiger partial charge in [-0.05, 0) is 23.8 Å². The molecule has 158 valence electrons. The molecule has 1 aliphatic rings. The van der Waals surface area contributed by atoms with Crippen molar-refractivity contribution in [1.29, 1.82) is 0 Å². The highest BCUT2D eigenvalue weighted by molar-refractivity contribution is 5.94. The van der Waals surface area contributed by atoms with Gasteiger partial charge in [0, 0.05) is 25.4 Å². The molecule has 30 heavy (non-hydrogen) atoms. The minimum atomic E-state index is -4.43. The Kier molecular flexibility index (Phi) is 5.90. The van der Waals surface area contributed by atoms with E-state index in [0.29, 0.717) is 24.5 Å². The first-order valence-electron chi connectivity index (χ1n) is 8.84. The number of hydrogen-bond donors (Lipinski definition) is 2. The SMILES string of the molecule is O=C(/C=C/c1ccc(C(F)(F)F)cc1)NCC(=O)N1CCn2cc(C(=O)O)nc2C1. The molecular weight excluding hydrogens is 405 g/mol. The number of carboxylic acid groups (broad SMARTS) is 1. The number of halogens is 3. The third-order valence-corrected chi connectivity index (χ3v) is 4.45. The molecule has 1 aromatic heterocycles. The van der Waals surface area contributed by atoms with Gasteiger partial charge in [0.05, 0.1) is 18.7 Å². The normalized spacial score (nSPS) is 13.9. The first-order valence-corrected chi connectivity index (χ1v) is 8.84. The summed E-state index contributed by atoms with van der Waals surface area (Å²) in [5, 5.41) is 11.4. The molecule has 0 spiro atoms. The summed E-state index contributed by atoms with van der Waals surface area (Å²) >= 11 is 0. The lowest BCUT2D eigenvalue weighted by Gasteiger charge is -2.27. The van der Waals surface area contributed by atoms with Crippen molar-refractivity contribution in [2.45, 2.75) is 19.3 Å². The lowest BCUT2D eigenvalue weighted by atomic mass is 10.1. The van der Waals surface area contributed by atoms with Crippen LogP contribution >= 0.6 is 0 Å². The average Bonchev–Trinajstić information content (AvgIpc) is 3.14. The van der Waals surface area contributed by atoms with Crippen molar-refractivity contribution in [3.63, 3.8) is 0 Å². The summed E-state index contributed by atoms with van der Waals surface area (Å²) in [5.74, 6) is -1.64. The van der Waals surface area contributed by atoms with Crippen LogP contribution in [0.2, 0.25) is 0 Å². The van der Waals surface area contributed by atoms with Gasteiger partial charge in [-0.3, -0.25) is 9.59 Å². The summed E-state index contributed by atoms with van der Waals surface area (Å²) in [7, 11) is 0. The zero-order chi connectivity index (χ0) is 21.9. The third kappa shape index (κ3) is 5.04. The van der Waals surface area contributed by atoms with Crippen LogP contribution in [0.1, 0.15) is 27.4 Å². The van der Waals surface area contributed by atoms with E-state index in [-0.39, 0.29) is 24.7 Å². The van der Waals surface area contributed by atoms with Gasteiger partial charge in [0.25, 0.3) is 0 Å². The zero-order valence-corrected chi connectivity index (χ0v) is 15.5. The number of fused-ring (bicyclic) bond motifs is 1. The van der Waals surface area contributed by atoms with Crippen LogP contribution in [0.4, 0.5) is 13.2 Å². The molecule has 2 N–H and O–H groups in total.